The van der Waals surface area contributed by atoms with E-state index < -0.39 is 10.2 Å². The minimum absolute atomic E-state index is 0.0349. The molecule has 7 heteroatoms. The lowest BCUT2D eigenvalue weighted by atomic mass is 10.3. The summed E-state index contributed by atoms with van der Waals surface area (Å²) in [6.07, 6.45) is 1.75. The first kappa shape index (κ1) is 11.9. The van der Waals surface area contributed by atoms with Crippen LogP contribution in [0.3, 0.4) is 0 Å². The Bertz CT molecular complexity index is 365. The monoisotopic (exact) mass is 245 g/mol. The van der Waals surface area contributed by atoms with Gasteiger partial charge in [-0.05, 0) is 18.4 Å². The fourth-order valence-corrected chi connectivity index (χ4v) is 1.59. The van der Waals surface area contributed by atoms with Gasteiger partial charge in [0.1, 0.15) is 5.75 Å². The third kappa shape index (κ3) is 3.80. The van der Waals surface area contributed by atoms with Crippen molar-refractivity contribution in [2.75, 3.05) is 6.26 Å². The van der Waals surface area contributed by atoms with Crippen molar-refractivity contribution >= 4 is 32.6 Å². The lowest BCUT2D eigenvalue weighted by molar-refractivity contribution is -0.384. The molecular weight excluding hydrogens is 238 g/mol. The third-order valence-electron chi connectivity index (χ3n) is 1.40. The highest BCUT2D eigenvalue weighted by Gasteiger charge is 2.07. The molecule has 0 saturated heterocycles. The topological polar surface area (TPSA) is 69.4 Å². The van der Waals surface area contributed by atoms with Gasteiger partial charge in [0.15, 0.2) is 0 Å². The second-order valence-electron chi connectivity index (χ2n) is 2.35. The SMILES string of the molecule is CSSC(=O)Oc1ccc([N+](=O)[O-])cc1. The molecule has 0 unspecified atom stereocenters. The molecule has 80 valence electrons. The van der Waals surface area contributed by atoms with Crippen LogP contribution in [0.4, 0.5) is 10.5 Å². The zero-order valence-electron chi connectivity index (χ0n) is 7.71. The van der Waals surface area contributed by atoms with E-state index in [1.165, 1.54) is 35.1 Å². The van der Waals surface area contributed by atoms with Gasteiger partial charge in [0.25, 0.3) is 5.69 Å². The number of nitro groups is 1. The molecule has 0 N–H and O–H groups in total. The maximum atomic E-state index is 11.0. The van der Waals surface area contributed by atoms with Gasteiger partial charge in [0.2, 0.25) is 0 Å². The van der Waals surface area contributed by atoms with Gasteiger partial charge in [0, 0.05) is 22.9 Å². The molecule has 1 aromatic carbocycles. The number of rotatable bonds is 3. The molecule has 0 bridgehead atoms. The lowest BCUT2D eigenvalue weighted by Gasteiger charge is -2.00. The van der Waals surface area contributed by atoms with Crippen LogP contribution in [0.2, 0.25) is 0 Å². The molecule has 0 fully saturated rings. The van der Waals surface area contributed by atoms with Gasteiger partial charge in [-0.1, -0.05) is 10.8 Å². The van der Waals surface area contributed by atoms with E-state index >= 15 is 0 Å². The van der Waals surface area contributed by atoms with Crippen molar-refractivity contribution in [3.05, 3.63) is 34.4 Å². The van der Waals surface area contributed by atoms with Crippen LogP contribution >= 0.6 is 21.6 Å². The van der Waals surface area contributed by atoms with Crippen LogP contribution in [0.1, 0.15) is 0 Å². The van der Waals surface area contributed by atoms with E-state index in [9.17, 15) is 14.9 Å². The summed E-state index contributed by atoms with van der Waals surface area (Å²) in [5, 5.41) is 9.88. The Morgan fingerprint density at radius 2 is 2.00 bits per heavy atom. The first-order valence-electron chi connectivity index (χ1n) is 3.80. The van der Waals surface area contributed by atoms with Crippen LogP contribution in [0.15, 0.2) is 24.3 Å². The lowest BCUT2D eigenvalue weighted by Crippen LogP contribution is -1.98. The van der Waals surface area contributed by atoms with Crippen molar-refractivity contribution < 1.29 is 14.5 Å². The van der Waals surface area contributed by atoms with E-state index in [2.05, 4.69) is 0 Å². The molecule has 0 aromatic heterocycles. The number of hydrogen-bond acceptors (Lipinski definition) is 6. The van der Waals surface area contributed by atoms with Crippen molar-refractivity contribution in [3.63, 3.8) is 0 Å². The average Bonchev–Trinajstić information content (AvgIpc) is 2.18. The number of carbonyl (C=O) groups excluding carboxylic acids is 1. The Kier molecular flexibility index (Phi) is 4.44. The normalized spacial score (nSPS) is 9.67. The Hall–Kier alpha value is -1.21. The Morgan fingerprint density at radius 3 is 2.47 bits per heavy atom. The standard InChI is InChI=1S/C8H7NO4S2/c1-14-15-8(10)13-7-4-2-6(3-5-7)9(11)12/h2-5H,1H3. The Morgan fingerprint density at radius 1 is 1.40 bits per heavy atom. The fourth-order valence-electron chi connectivity index (χ4n) is 0.817. The first-order chi connectivity index (χ1) is 7.13. The molecule has 1 rings (SSSR count). The smallest absolute Gasteiger partial charge is 0.383 e. The predicted molar refractivity (Wildman–Crippen MR) is 60.2 cm³/mol. The summed E-state index contributed by atoms with van der Waals surface area (Å²) < 4.78 is 4.87. The van der Waals surface area contributed by atoms with Crippen molar-refractivity contribution in [1.82, 2.24) is 0 Å². The molecule has 5 nitrogen and oxygen atoms in total. The van der Waals surface area contributed by atoms with Crippen LogP contribution in [-0.4, -0.2) is 16.5 Å². The number of nitrogens with zero attached hydrogens (tertiary/aromatic N) is 1. The second kappa shape index (κ2) is 5.62. The maximum absolute atomic E-state index is 11.0. The van der Waals surface area contributed by atoms with Gasteiger partial charge in [-0.15, -0.1) is 0 Å². The third-order valence-corrected chi connectivity index (χ3v) is 2.69. The Labute approximate surface area is 93.7 Å². The van der Waals surface area contributed by atoms with Crippen molar-refractivity contribution in [2.45, 2.75) is 0 Å². The number of benzene rings is 1. The van der Waals surface area contributed by atoms with Crippen LogP contribution in [0.25, 0.3) is 0 Å². The molecule has 0 spiro atoms. The Balaban J connectivity index is 2.64. The summed E-state index contributed by atoms with van der Waals surface area (Å²) in [6, 6.07) is 5.34. The van der Waals surface area contributed by atoms with Gasteiger partial charge in [-0.25, -0.2) is 4.79 Å². The van der Waals surface area contributed by atoms with Gasteiger partial charge in [-0.3, -0.25) is 10.1 Å². The summed E-state index contributed by atoms with van der Waals surface area (Å²) >= 11 is 0. The fraction of sp³-hybridized carbons (Fsp3) is 0.125. The predicted octanol–water partition coefficient (Wildman–Crippen LogP) is 3.10. The van der Waals surface area contributed by atoms with E-state index in [0.29, 0.717) is 5.75 Å². The molecule has 0 amide bonds. The number of nitro benzene ring substituents is 1. The number of hydrogen-bond donors (Lipinski definition) is 0. The molecule has 0 aliphatic heterocycles. The second-order valence-corrected chi connectivity index (χ2v) is 4.69. The summed E-state index contributed by atoms with van der Waals surface area (Å²) in [5.74, 6) is 0.298. The molecule has 0 atom stereocenters. The van der Waals surface area contributed by atoms with Crippen LogP contribution in [-0.2, 0) is 0 Å². The van der Waals surface area contributed by atoms with Crippen molar-refractivity contribution in [2.24, 2.45) is 0 Å². The molecule has 0 aliphatic carbocycles. The highest BCUT2D eigenvalue weighted by molar-refractivity contribution is 8.81. The summed E-state index contributed by atoms with van der Waals surface area (Å²) in [5.41, 5.74) is -0.0349. The van der Waals surface area contributed by atoms with E-state index in [4.69, 9.17) is 4.74 Å². The van der Waals surface area contributed by atoms with E-state index in [0.717, 1.165) is 10.8 Å². The number of ether oxygens (including phenoxy) is 1. The van der Waals surface area contributed by atoms with Crippen molar-refractivity contribution in [1.29, 1.82) is 0 Å². The molecule has 0 radical (unpaired) electrons. The molecule has 0 saturated carbocycles. The highest BCUT2D eigenvalue weighted by atomic mass is 33.1. The largest absolute Gasteiger partial charge is 0.418 e. The molecule has 0 aliphatic rings. The summed E-state index contributed by atoms with van der Waals surface area (Å²) in [6.45, 7) is 0. The number of carbonyl (C=O) groups is 1. The van der Waals surface area contributed by atoms with Crippen molar-refractivity contribution in [3.8, 4) is 5.75 Å². The van der Waals surface area contributed by atoms with Gasteiger partial charge in [-0.2, -0.15) is 0 Å². The summed E-state index contributed by atoms with van der Waals surface area (Å²) in [7, 11) is 2.23. The van der Waals surface area contributed by atoms with Gasteiger partial charge >= 0.3 is 5.30 Å². The van der Waals surface area contributed by atoms with Crippen LogP contribution < -0.4 is 4.74 Å². The molecule has 1 aromatic rings. The number of non-ortho nitro benzene ring substituents is 1. The van der Waals surface area contributed by atoms with Crippen LogP contribution in [0.5, 0.6) is 5.75 Å². The molecule has 0 heterocycles. The average molecular weight is 245 g/mol. The minimum atomic E-state index is -0.512. The summed E-state index contributed by atoms with van der Waals surface area (Å²) in [4.78, 5) is 20.8. The zero-order valence-corrected chi connectivity index (χ0v) is 9.34. The highest BCUT2D eigenvalue weighted by Crippen LogP contribution is 2.23. The first-order valence-corrected chi connectivity index (χ1v) is 6.36. The molecular formula is C8H7NO4S2. The minimum Gasteiger partial charge on any atom is -0.418 e. The molecule has 15 heavy (non-hydrogen) atoms. The van der Waals surface area contributed by atoms with Gasteiger partial charge in [0.05, 0.1) is 4.92 Å². The van der Waals surface area contributed by atoms with E-state index in [1.54, 1.807) is 6.26 Å². The van der Waals surface area contributed by atoms with Gasteiger partial charge < -0.3 is 4.74 Å². The van der Waals surface area contributed by atoms with Crippen LogP contribution in [0, 0.1) is 10.1 Å². The maximum Gasteiger partial charge on any atom is 0.383 e. The quantitative estimate of drug-likeness (QED) is 0.353. The van der Waals surface area contributed by atoms with E-state index in [-0.39, 0.29) is 5.69 Å². The zero-order chi connectivity index (χ0) is 11.3. The van der Waals surface area contributed by atoms with E-state index in [1.807, 2.05) is 0 Å².